The van der Waals surface area contributed by atoms with E-state index in [1.165, 1.54) is 23.3 Å². The van der Waals surface area contributed by atoms with Gasteiger partial charge in [0.1, 0.15) is 24.0 Å². The lowest BCUT2D eigenvalue weighted by atomic mass is 10.1. The van der Waals surface area contributed by atoms with Gasteiger partial charge in [0.15, 0.2) is 0 Å². The fourth-order valence-corrected chi connectivity index (χ4v) is 2.87. The molecule has 1 nitrogen and oxygen atoms in total. The van der Waals surface area contributed by atoms with Crippen molar-refractivity contribution in [3.05, 3.63) is 63.1 Å². The van der Waals surface area contributed by atoms with E-state index in [9.17, 15) is 8.78 Å². The summed E-state index contributed by atoms with van der Waals surface area (Å²) in [6.45, 7) is -0.115. The van der Waals surface area contributed by atoms with Crippen LogP contribution in [-0.2, 0) is 19.4 Å². The van der Waals surface area contributed by atoms with Gasteiger partial charge in [0.25, 0.3) is 0 Å². The molecule has 0 aromatic heterocycles. The maximum absolute atomic E-state index is 13.8. The summed E-state index contributed by atoms with van der Waals surface area (Å²) >= 11 is 3.05. The van der Waals surface area contributed by atoms with Gasteiger partial charge in [-0.25, -0.2) is 8.78 Å². The van der Waals surface area contributed by atoms with Crippen LogP contribution >= 0.6 is 15.9 Å². The lowest BCUT2D eigenvalue weighted by Crippen LogP contribution is -2.03. The Morgan fingerprint density at radius 2 is 1.85 bits per heavy atom. The van der Waals surface area contributed by atoms with Crippen molar-refractivity contribution in [3.8, 4) is 5.75 Å². The van der Waals surface area contributed by atoms with E-state index in [0.717, 1.165) is 19.3 Å². The van der Waals surface area contributed by atoms with Gasteiger partial charge >= 0.3 is 0 Å². The molecular formula is C16H13BrF2O. The Balaban J connectivity index is 1.79. The minimum Gasteiger partial charge on any atom is -0.489 e. The molecule has 0 atom stereocenters. The summed E-state index contributed by atoms with van der Waals surface area (Å²) in [5.41, 5.74) is 2.56. The van der Waals surface area contributed by atoms with E-state index in [-0.39, 0.29) is 16.6 Å². The molecule has 0 saturated carbocycles. The van der Waals surface area contributed by atoms with Crippen molar-refractivity contribution < 1.29 is 13.5 Å². The zero-order valence-corrected chi connectivity index (χ0v) is 12.3. The minimum absolute atomic E-state index is 0.0557. The molecular weight excluding hydrogens is 326 g/mol. The summed E-state index contributed by atoms with van der Waals surface area (Å²) in [6.07, 6.45) is 3.31. The average molecular weight is 339 g/mol. The predicted octanol–water partition coefficient (Wildman–Crippen LogP) is 4.80. The summed E-state index contributed by atoms with van der Waals surface area (Å²) in [5.74, 6) is -0.539. The Morgan fingerprint density at radius 1 is 1.05 bits per heavy atom. The lowest BCUT2D eigenvalue weighted by molar-refractivity contribution is 0.292. The number of rotatable bonds is 3. The first-order valence-corrected chi connectivity index (χ1v) is 7.31. The second kappa shape index (κ2) is 5.52. The highest BCUT2D eigenvalue weighted by Crippen LogP contribution is 2.27. The monoisotopic (exact) mass is 338 g/mol. The number of aryl methyl sites for hydroxylation is 2. The van der Waals surface area contributed by atoms with Crippen LogP contribution in [0.4, 0.5) is 8.78 Å². The number of hydrogen-bond donors (Lipinski definition) is 0. The van der Waals surface area contributed by atoms with Crippen LogP contribution < -0.4 is 4.74 Å². The van der Waals surface area contributed by atoms with Gasteiger partial charge in [-0.3, -0.25) is 0 Å². The average Bonchev–Trinajstić information content (AvgIpc) is 2.90. The van der Waals surface area contributed by atoms with E-state index in [4.69, 9.17) is 4.74 Å². The predicted molar refractivity (Wildman–Crippen MR) is 76.9 cm³/mol. The van der Waals surface area contributed by atoms with Crippen LogP contribution in [0.5, 0.6) is 5.75 Å². The van der Waals surface area contributed by atoms with Crippen molar-refractivity contribution in [3.63, 3.8) is 0 Å². The van der Waals surface area contributed by atoms with Gasteiger partial charge in [-0.2, -0.15) is 0 Å². The molecule has 0 saturated heterocycles. The van der Waals surface area contributed by atoms with Crippen LogP contribution in [0.15, 0.2) is 34.8 Å². The fourth-order valence-electron chi connectivity index (χ4n) is 2.49. The van der Waals surface area contributed by atoms with E-state index in [1.807, 2.05) is 18.2 Å². The molecule has 2 aromatic carbocycles. The molecule has 0 fully saturated rings. The van der Waals surface area contributed by atoms with Crippen LogP contribution in [0.3, 0.4) is 0 Å². The smallest absolute Gasteiger partial charge is 0.146 e. The van der Waals surface area contributed by atoms with Crippen LogP contribution in [-0.4, -0.2) is 0 Å². The van der Waals surface area contributed by atoms with Gasteiger partial charge in [0.2, 0.25) is 0 Å². The van der Waals surface area contributed by atoms with Crippen molar-refractivity contribution in [2.45, 2.75) is 25.9 Å². The zero-order chi connectivity index (χ0) is 14.1. The standard InChI is InChI=1S/C16H13BrF2O/c17-14-6-7-15(18)13(16(14)19)9-20-12-5-4-10-2-1-3-11(10)8-12/h4-8H,1-3,9H2. The summed E-state index contributed by atoms with van der Waals surface area (Å²) in [4.78, 5) is 0. The number of benzene rings is 2. The van der Waals surface area contributed by atoms with E-state index < -0.39 is 11.6 Å². The maximum atomic E-state index is 13.8. The quantitative estimate of drug-likeness (QED) is 0.731. The molecule has 0 amide bonds. The third kappa shape index (κ3) is 2.57. The number of hydrogen-bond acceptors (Lipinski definition) is 1. The topological polar surface area (TPSA) is 9.23 Å². The van der Waals surface area contributed by atoms with Crippen LogP contribution in [0.25, 0.3) is 0 Å². The normalized spacial score (nSPS) is 13.3. The molecule has 0 aliphatic heterocycles. The first-order chi connectivity index (χ1) is 9.65. The second-order valence-electron chi connectivity index (χ2n) is 4.89. The number of halogens is 3. The number of ether oxygens (including phenoxy) is 1. The maximum Gasteiger partial charge on any atom is 0.146 e. The van der Waals surface area contributed by atoms with Crippen LogP contribution in [0.1, 0.15) is 23.1 Å². The van der Waals surface area contributed by atoms with Gasteiger partial charge in [0, 0.05) is 0 Å². The minimum atomic E-state index is -0.605. The van der Waals surface area contributed by atoms with Gasteiger partial charge in [-0.05, 0) is 70.6 Å². The molecule has 3 rings (SSSR count). The molecule has 0 radical (unpaired) electrons. The van der Waals surface area contributed by atoms with Crippen molar-refractivity contribution in [2.75, 3.05) is 0 Å². The number of fused-ring (bicyclic) bond motifs is 1. The largest absolute Gasteiger partial charge is 0.489 e. The molecule has 20 heavy (non-hydrogen) atoms. The molecule has 0 heterocycles. The van der Waals surface area contributed by atoms with Gasteiger partial charge < -0.3 is 4.74 Å². The SMILES string of the molecule is Fc1ccc(Br)c(F)c1COc1ccc2c(c1)CCC2. The summed E-state index contributed by atoms with van der Waals surface area (Å²) in [6, 6.07) is 8.44. The van der Waals surface area contributed by atoms with E-state index in [1.54, 1.807) is 0 Å². The highest BCUT2D eigenvalue weighted by atomic mass is 79.9. The third-order valence-electron chi connectivity index (χ3n) is 3.59. The van der Waals surface area contributed by atoms with E-state index >= 15 is 0 Å². The Labute approximate surface area is 124 Å². The summed E-state index contributed by atoms with van der Waals surface area (Å²) in [7, 11) is 0. The van der Waals surface area contributed by atoms with Crippen LogP contribution in [0.2, 0.25) is 0 Å². The molecule has 0 spiro atoms. The Kier molecular flexibility index (Phi) is 3.74. The van der Waals surface area contributed by atoms with Crippen molar-refractivity contribution in [2.24, 2.45) is 0 Å². The first kappa shape index (κ1) is 13.6. The highest BCUT2D eigenvalue weighted by molar-refractivity contribution is 9.10. The highest BCUT2D eigenvalue weighted by Gasteiger charge is 2.14. The molecule has 0 unspecified atom stereocenters. The van der Waals surface area contributed by atoms with Crippen molar-refractivity contribution in [1.29, 1.82) is 0 Å². The zero-order valence-electron chi connectivity index (χ0n) is 10.8. The van der Waals surface area contributed by atoms with Gasteiger partial charge in [0.05, 0.1) is 10.0 Å². The fraction of sp³-hybridized carbons (Fsp3) is 0.250. The van der Waals surface area contributed by atoms with Crippen LogP contribution in [0, 0.1) is 11.6 Å². The first-order valence-electron chi connectivity index (χ1n) is 6.52. The van der Waals surface area contributed by atoms with Crippen molar-refractivity contribution in [1.82, 2.24) is 0 Å². The molecule has 2 aromatic rings. The van der Waals surface area contributed by atoms with Crippen molar-refractivity contribution >= 4 is 15.9 Å². The molecule has 1 aliphatic carbocycles. The van der Waals surface area contributed by atoms with E-state index in [0.29, 0.717) is 5.75 Å². The lowest BCUT2D eigenvalue weighted by Gasteiger charge is -2.10. The third-order valence-corrected chi connectivity index (χ3v) is 4.20. The molecule has 0 N–H and O–H groups in total. The Morgan fingerprint density at radius 3 is 2.70 bits per heavy atom. The second-order valence-corrected chi connectivity index (χ2v) is 5.75. The van der Waals surface area contributed by atoms with Gasteiger partial charge in [-0.1, -0.05) is 6.07 Å². The molecule has 4 heteroatoms. The summed E-state index contributed by atoms with van der Waals surface area (Å²) < 4.78 is 33.2. The molecule has 104 valence electrons. The molecule has 1 aliphatic rings. The van der Waals surface area contributed by atoms with Gasteiger partial charge in [-0.15, -0.1) is 0 Å². The summed E-state index contributed by atoms with van der Waals surface area (Å²) in [5, 5.41) is 0. The Bertz CT molecular complexity index is 655. The Hall–Kier alpha value is -1.42. The molecule has 0 bridgehead atoms. The van der Waals surface area contributed by atoms with E-state index in [2.05, 4.69) is 15.9 Å².